The van der Waals surface area contributed by atoms with Crippen LogP contribution in [0.3, 0.4) is 0 Å². The van der Waals surface area contributed by atoms with Gasteiger partial charge in [-0.05, 0) is 37.3 Å². The molecule has 0 unspecified atom stereocenters. The Morgan fingerprint density at radius 3 is 2.58 bits per heavy atom. The number of nitrogens with one attached hydrogen (secondary N) is 1. The Morgan fingerprint density at radius 1 is 1.21 bits per heavy atom. The lowest BCUT2D eigenvalue weighted by atomic mass is 10.2. The van der Waals surface area contributed by atoms with Crippen molar-refractivity contribution < 1.29 is 28.2 Å². The zero-order chi connectivity index (χ0) is 17.9. The van der Waals surface area contributed by atoms with Crippen LogP contribution in [0.25, 0.3) is 0 Å². The topological polar surface area (TPSA) is 75.6 Å². The standard InChI is InChI=1S/C16H12ClF2NO4/c1-8(15(22)20-13-7-10(18)3-5-12(13)19)24-16(23)11-4-2-9(17)6-14(11)21/h2-8,21H,1H3,(H,20,22)/t8-/m0/s1. The third kappa shape index (κ3) is 4.20. The molecule has 0 aliphatic rings. The molecule has 0 radical (unpaired) electrons. The van der Waals surface area contributed by atoms with E-state index in [1.807, 2.05) is 0 Å². The van der Waals surface area contributed by atoms with Crippen LogP contribution in [0, 0.1) is 11.6 Å². The SMILES string of the molecule is C[C@H](OC(=O)c1ccc(Cl)cc1O)C(=O)Nc1cc(F)ccc1F. The summed E-state index contributed by atoms with van der Waals surface area (Å²) in [7, 11) is 0. The van der Waals surface area contributed by atoms with Crippen molar-refractivity contribution in [2.45, 2.75) is 13.0 Å². The fourth-order valence-corrected chi connectivity index (χ4v) is 1.95. The second kappa shape index (κ2) is 7.27. The molecule has 126 valence electrons. The molecular formula is C16H12ClF2NO4. The molecular weight excluding hydrogens is 344 g/mol. The number of phenols is 1. The van der Waals surface area contributed by atoms with Crippen molar-refractivity contribution in [2.75, 3.05) is 5.32 Å². The van der Waals surface area contributed by atoms with Crippen LogP contribution in [0.4, 0.5) is 14.5 Å². The van der Waals surface area contributed by atoms with E-state index in [-0.39, 0.29) is 16.3 Å². The number of rotatable bonds is 4. The molecule has 0 aromatic heterocycles. The number of benzene rings is 2. The minimum absolute atomic E-state index is 0.184. The van der Waals surface area contributed by atoms with E-state index in [1.165, 1.54) is 19.1 Å². The number of halogens is 3. The Hall–Kier alpha value is -2.67. The highest BCUT2D eigenvalue weighted by molar-refractivity contribution is 6.30. The lowest BCUT2D eigenvalue weighted by Gasteiger charge is -2.14. The van der Waals surface area contributed by atoms with Gasteiger partial charge in [0.2, 0.25) is 0 Å². The Bertz CT molecular complexity index is 798. The van der Waals surface area contributed by atoms with Crippen molar-refractivity contribution in [3.8, 4) is 5.75 Å². The molecule has 2 aromatic carbocycles. The zero-order valence-electron chi connectivity index (χ0n) is 12.3. The van der Waals surface area contributed by atoms with E-state index in [4.69, 9.17) is 16.3 Å². The van der Waals surface area contributed by atoms with Crippen molar-refractivity contribution in [3.63, 3.8) is 0 Å². The van der Waals surface area contributed by atoms with E-state index in [9.17, 15) is 23.5 Å². The summed E-state index contributed by atoms with van der Waals surface area (Å²) in [6.07, 6.45) is -1.31. The van der Waals surface area contributed by atoms with Gasteiger partial charge in [-0.1, -0.05) is 11.6 Å². The molecule has 1 atom stereocenters. The van der Waals surface area contributed by atoms with Crippen LogP contribution in [0.2, 0.25) is 5.02 Å². The van der Waals surface area contributed by atoms with Crippen molar-refractivity contribution >= 4 is 29.2 Å². The molecule has 1 amide bonds. The lowest BCUT2D eigenvalue weighted by Crippen LogP contribution is -2.30. The van der Waals surface area contributed by atoms with Gasteiger partial charge in [0.25, 0.3) is 5.91 Å². The van der Waals surface area contributed by atoms with Crippen molar-refractivity contribution in [1.82, 2.24) is 0 Å². The summed E-state index contributed by atoms with van der Waals surface area (Å²) in [5.74, 6) is -3.80. The van der Waals surface area contributed by atoms with Gasteiger partial charge >= 0.3 is 5.97 Å². The van der Waals surface area contributed by atoms with Gasteiger partial charge in [0, 0.05) is 11.1 Å². The molecule has 2 N–H and O–H groups in total. The second-order valence-corrected chi connectivity index (χ2v) is 5.26. The molecule has 2 aromatic rings. The van der Waals surface area contributed by atoms with Gasteiger partial charge in [-0.15, -0.1) is 0 Å². The summed E-state index contributed by atoms with van der Waals surface area (Å²) < 4.78 is 31.4. The molecule has 8 heteroatoms. The van der Waals surface area contributed by atoms with Crippen molar-refractivity contribution in [2.24, 2.45) is 0 Å². The number of hydrogen-bond acceptors (Lipinski definition) is 4. The van der Waals surface area contributed by atoms with E-state index in [1.54, 1.807) is 0 Å². The molecule has 0 saturated heterocycles. The van der Waals surface area contributed by atoms with Gasteiger partial charge in [-0.3, -0.25) is 4.79 Å². The summed E-state index contributed by atoms with van der Waals surface area (Å²) in [6.45, 7) is 1.25. The van der Waals surface area contributed by atoms with Crippen molar-refractivity contribution in [1.29, 1.82) is 0 Å². The van der Waals surface area contributed by atoms with Gasteiger partial charge in [0.1, 0.15) is 22.9 Å². The number of ether oxygens (including phenoxy) is 1. The summed E-state index contributed by atoms with van der Waals surface area (Å²) in [5.41, 5.74) is -0.562. The first kappa shape index (κ1) is 17.7. The average Bonchev–Trinajstić information content (AvgIpc) is 2.50. The molecule has 0 aliphatic heterocycles. The number of aromatic hydroxyl groups is 1. The summed E-state index contributed by atoms with van der Waals surface area (Å²) in [4.78, 5) is 23.8. The smallest absolute Gasteiger partial charge is 0.342 e. The van der Waals surface area contributed by atoms with Crippen LogP contribution >= 0.6 is 11.6 Å². The van der Waals surface area contributed by atoms with E-state index in [0.29, 0.717) is 0 Å². The summed E-state index contributed by atoms with van der Waals surface area (Å²) >= 11 is 5.65. The van der Waals surface area contributed by atoms with E-state index in [2.05, 4.69) is 5.32 Å². The summed E-state index contributed by atoms with van der Waals surface area (Å²) in [5, 5.41) is 12.0. The quantitative estimate of drug-likeness (QED) is 0.823. The number of amides is 1. The van der Waals surface area contributed by atoms with E-state index in [0.717, 1.165) is 24.3 Å². The monoisotopic (exact) mass is 355 g/mol. The maximum absolute atomic E-state index is 13.5. The Morgan fingerprint density at radius 2 is 1.92 bits per heavy atom. The maximum Gasteiger partial charge on any atom is 0.342 e. The highest BCUT2D eigenvalue weighted by Crippen LogP contribution is 2.23. The number of anilines is 1. The first-order valence-corrected chi connectivity index (χ1v) is 7.11. The van der Waals surface area contributed by atoms with Gasteiger partial charge in [-0.25, -0.2) is 13.6 Å². The largest absolute Gasteiger partial charge is 0.507 e. The lowest BCUT2D eigenvalue weighted by molar-refractivity contribution is -0.123. The summed E-state index contributed by atoms with van der Waals surface area (Å²) in [6, 6.07) is 6.30. The number of esters is 1. The van der Waals surface area contributed by atoms with Gasteiger partial charge in [0.05, 0.1) is 5.69 Å². The number of carbonyl (C=O) groups excluding carboxylic acids is 2. The predicted octanol–water partition coefficient (Wildman–Crippen LogP) is 3.51. The van der Waals surface area contributed by atoms with Gasteiger partial charge < -0.3 is 15.2 Å². The van der Waals surface area contributed by atoms with Crippen LogP contribution in [-0.4, -0.2) is 23.1 Å². The minimum atomic E-state index is -1.31. The average molecular weight is 356 g/mol. The number of phenolic OH excluding ortho intramolecular Hbond substituents is 1. The molecule has 0 saturated carbocycles. The molecule has 0 bridgehead atoms. The van der Waals surface area contributed by atoms with E-state index >= 15 is 0 Å². The highest BCUT2D eigenvalue weighted by atomic mass is 35.5. The second-order valence-electron chi connectivity index (χ2n) is 4.82. The fourth-order valence-electron chi connectivity index (χ4n) is 1.78. The van der Waals surface area contributed by atoms with E-state index < -0.39 is 35.4 Å². The van der Waals surface area contributed by atoms with Crippen LogP contribution in [0.1, 0.15) is 17.3 Å². The maximum atomic E-state index is 13.5. The van der Waals surface area contributed by atoms with Gasteiger partial charge in [0.15, 0.2) is 6.10 Å². The molecule has 2 rings (SSSR count). The molecule has 0 aliphatic carbocycles. The third-order valence-electron chi connectivity index (χ3n) is 3.02. The van der Waals surface area contributed by atoms with Crippen LogP contribution in [0.5, 0.6) is 5.75 Å². The molecule has 0 fully saturated rings. The van der Waals surface area contributed by atoms with Crippen LogP contribution in [0.15, 0.2) is 36.4 Å². The highest BCUT2D eigenvalue weighted by Gasteiger charge is 2.22. The minimum Gasteiger partial charge on any atom is -0.507 e. The first-order chi connectivity index (χ1) is 11.3. The molecule has 24 heavy (non-hydrogen) atoms. The normalized spacial score (nSPS) is 11.7. The Kier molecular flexibility index (Phi) is 5.35. The van der Waals surface area contributed by atoms with Crippen LogP contribution < -0.4 is 5.32 Å². The number of hydrogen-bond donors (Lipinski definition) is 2. The third-order valence-corrected chi connectivity index (χ3v) is 3.25. The van der Waals surface area contributed by atoms with Crippen molar-refractivity contribution in [3.05, 3.63) is 58.6 Å². The predicted molar refractivity (Wildman–Crippen MR) is 83.0 cm³/mol. The molecule has 5 nitrogen and oxygen atoms in total. The molecule has 0 spiro atoms. The fraction of sp³-hybridized carbons (Fsp3) is 0.125. The van der Waals surface area contributed by atoms with Gasteiger partial charge in [-0.2, -0.15) is 0 Å². The first-order valence-electron chi connectivity index (χ1n) is 6.73. The Labute approximate surface area is 140 Å². The zero-order valence-corrected chi connectivity index (χ0v) is 13.1. The van der Waals surface area contributed by atoms with Crippen LogP contribution in [-0.2, 0) is 9.53 Å². The number of carbonyl (C=O) groups is 2. The molecule has 0 heterocycles. The Balaban J connectivity index is 2.05.